The molecule has 0 radical (unpaired) electrons. The summed E-state index contributed by atoms with van der Waals surface area (Å²) in [6.45, 7) is 3.28. The topological polar surface area (TPSA) is 64.6 Å². The predicted octanol–water partition coefficient (Wildman–Crippen LogP) is 5.50. The van der Waals surface area contributed by atoms with E-state index in [0.717, 1.165) is 15.6 Å². The summed E-state index contributed by atoms with van der Waals surface area (Å²) in [7, 11) is 0. The van der Waals surface area contributed by atoms with Crippen LogP contribution in [0.25, 0.3) is 17.4 Å². The fourth-order valence-electron chi connectivity index (χ4n) is 4.02. The number of aromatic nitrogens is 1. The van der Waals surface area contributed by atoms with Gasteiger partial charge in [0, 0.05) is 26.3 Å². The van der Waals surface area contributed by atoms with Gasteiger partial charge in [0.1, 0.15) is 17.6 Å². The summed E-state index contributed by atoms with van der Waals surface area (Å²) in [5, 5.41) is 0.625. The van der Waals surface area contributed by atoms with Gasteiger partial charge in [0.2, 0.25) is 0 Å². The number of carbonyl (C=O) groups is 1. The summed E-state index contributed by atoms with van der Waals surface area (Å²) >= 11 is 10.7. The maximum absolute atomic E-state index is 13.5. The zero-order valence-electron chi connectivity index (χ0n) is 18.2. The van der Waals surface area contributed by atoms with E-state index in [-0.39, 0.29) is 11.3 Å². The molecule has 5 nitrogen and oxygen atoms in total. The summed E-state index contributed by atoms with van der Waals surface area (Å²) < 4.78 is 9.25. The van der Waals surface area contributed by atoms with E-state index in [4.69, 9.17) is 16.0 Å². The van der Waals surface area contributed by atoms with Gasteiger partial charge in [0.05, 0.1) is 4.53 Å². The second kappa shape index (κ2) is 8.98. The molecule has 0 saturated heterocycles. The van der Waals surface area contributed by atoms with E-state index in [1.54, 1.807) is 29.7 Å². The van der Waals surface area contributed by atoms with Crippen molar-refractivity contribution in [1.29, 1.82) is 0 Å². The van der Waals surface area contributed by atoms with E-state index in [1.165, 1.54) is 18.3 Å². The van der Waals surface area contributed by atoms with Gasteiger partial charge in [0.15, 0.2) is 10.6 Å². The van der Waals surface area contributed by atoms with Crippen LogP contribution in [-0.4, -0.2) is 10.4 Å². The van der Waals surface area contributed by atoms with Crippen molar-refractivity contribution in [2.45, 2.75) is 19.9 Å². The highest BCUT2D eigenvalue weighted by atomic mass is 79.9. The van der Waals surface area contributed by atoms with Gasteiger partial charge in [0.25, 0.3) is 5.56 Å². The van der Waals surface area contributed by atoms with Crippen molar-refractivity contribution in [3.63, 3.8) is 0 Å². The molecule has 0 amide bonds. The van der Waals surface area contributed by atoms with Crippen LogP contribution in [0.4, 0.5) is 0 Å². The Hall–Kier alpha value is -3.00. The molecule has 170 valence electrons. The summed E-state index contributed by atoms with van der Waals surface area (Å²) in [5.41, 5.74) is 2.55. The highest BCUT2D eigenvalue weighted by Gasteiger charge is 2.33. The normalized spacial score (nSPS) is 15.9. The third-order valence-corrected chi connectivity index (χ3v) is 7.36. The Morgan fingerprint density at radius 2 is 1.82 bits per heavy atom. The average molecular weight is 554 g/mol. The summed E-state index contributed by atoms with van der Waals surface area (Å²) in [5.74, 6) is 1.01. The maximum atomic E-state index is 13.5. The third-order valence-electron chi connectivity index (χ3n) is 5.59. The molecule has 0 saturated carbocycles. The first-order valence-electron chi connectivity index (χ1n) is 10.5. The van der Waals surface area contributed by atoms with Crippen molar-refractivity contribution < 1.29 is 9.21 Å². The summed E-state index contributed by atoms with van der Waals surface area (Å²) in [4.78, 5) is 31.3. The molecular weight excluding hydrogens is 536 g/mol. The lowest BCUT2D eigenvalue weighted by Gasteiger charge is -2.22. The Morgan fingerprint density at radius 1 is 1.12 bits per heavy atom. The van der Waals surface area contributed by atoms with Crippen LogP contribution in [0.5, 0.6) is 0 Å². The molecule has 2 aromatic carbocycles. The number of furan rings is 1. The Kier molecular flexibility index (Phi) is 6.02. The van der Waals surface area contributed by atoms with Crippen molar-refractivity contribution >= 4 is 50.7 Å². The number of hydrogen-bond acceptors (Lipinski definition) is 5. The van der Waals surface area contributed by atoms with Crippen molar-refractivity contribution in [2.75, 3.05) is 0 Å². The zero-order chi connectivity index (χ0) is 24.0. The van der Waals surface area contributed by atoms with E-state index in [2.05, 4.69) is 20.9 Å². The second-order valence-electron chi connectivity index (χ2n) is 7.90. The largest absolute Gasteiger partial charge is 0.458 e. The van der Waals surface area contributed by atoms with Crippen molar-refractivity contribution in [3.05, 3.63) is 112 Å². The van der Waals surface area contributed by atoms with E-state index in [1.807, 2.05) is 48.5 Å². The minimum Gasteiger partial charge on any atom is -0.458 e. The number of fused-ring (bicyclic) bond motifs is 1. The SMILES string of the molecule is CC(=O)C1=C(C)N=c2s/c(=C/c3ccc(Cl)cc3)c(=O)n2[C@@H]1c1ccc(-c2ccc(Br)cc2)o1. The molecule has 0 aliphatic carbocycles. The fraction of sp³-hybridized carbons (Fsp3) is 0.115. The van der Waals surface area contributed by atoms with Crippen molar-refractivity contribution in [1.82, 2.24) is 4.57 Å². The van der Waals surface area contributed by atoms with Gasteiger partial charge < -0.3 is 4.42 Å². The number of allylic oxidation sites excluding steroid dienone is 2. The molecule has 0 bridgehead atoms. The Labute approximate surface area is 212 Å². The number of nitrogens with zero attached hydrogens (tertiary/aromatic N) is 2. The lowest BCUT2D eigenvalue weighted by atomic mass is 9.98. The van der Waals surface area contributed by atoms with Gasteiger partial charge in [-0.1, -0.05) is 63.1 Å². The standard InChI is InChI=1S/C26H18BrClN2O3S/c1-14-23(15(2)31)24(21-12-11-20(33-21)17-5-7-18(27)8-6-17)30-25(32)22(34-26(30)29-14)13-16-3-9-19(28)10-4-16/h3-13,24H,1-2H3/b22-13+/t24-/m1/s1. The molecule has 34 heavy (non-hydrogen) atoms. The van der Waals surface area contributed by atoms with Crippen molar-refractivity contribution in [2.24, 2.45) is 4.99 Å². The maximum Gasteiger partial charge on any atom is 0.271 e. The fourth-order valence-corrected chi connectivity index (χ4v) is 5.46. The second-order valence-corrected chi connectivity index (χ2v) is 10.3. The van der Waals surface area contributed by atoms with Gasteiger partial charge >= 0.3 is 0 Å². The van der Waals surface area contributed by atoms with Crippen LogP contribution in [0.2, 0.25) is 5.02 Å². The molecule has 1 aliphatic heterocycles. The van der Waals surface area contributed by atoms with E-state index in [0.29, 0.717) is 37.1 Å². The van der Waals surface area contributed by atoms with Crippen LogP contribution >= 0.6 is 38.9 Å². The number of halogens is 2. The van der Waals surface area contributed by atoms with Crippen LogP contribution in [0, 0.1) is 0 Å². The van der Waals surface area contributed by atoms with Crippen LogP contribution < -0.4 is 14.9 Å². The molecule has 0 unspecified atom stereocenters. The highest BCUT2D eigenvalue weighted by Crippen LogP contribution is 2.34. The Morgan fingerprint density at radius 3 is 2.50 bits per heavy atom. The van der Waals surface area contributed by atoms with Crippen LogP contribution in [0.3, 0.4) is 0 Å². The number of benzene rings is 2. The number of rotatable bonds is 4. The first-order valence-corrected chi connectivity index (χ1v) is 12.5. The minimum atomic E-state index is -0.690. The summed E-state index contributed by atoms with van der Waals surface area (Å²) in [6.07, 6.45) is 1.80. The molecule has 8 heteroatoms. The number of ketones is 1. The molecule has 3 heterocycles. The van der Waals surface area contributed by atoms with Gasteiger partial charge in [-0.2, -0.15) is 0 Å². The van der Waals surface area contributed by atoms with Crippen LogP contribution in [0.1, 0.15) is 31.2 Å². The number of thiazole rings is 1. The quantitative estimate of drug-likeness (QED) is 0.335. The monoisotopic (exact) mass is 552 g/mol. The molecule has 5 rings (SSSR count). The predicted molar refractivity (Wildman–Crippen MR) is 138 cm³/mol. The van der Waals surface area contributed by atoms with E-state index >= 15 is 0 Å². The third kappa shape index (κ3) is 4.15. The smallest absolute Gasteiger partial charge is 0.271 e. The molecule has 4 aromatic rings. The Balaban J connectivity index is 1.68. The number of Topliss-reactive ketones (excluding diaryl/α,β-unsaturated/α-hetero) is 1. The van der Waals surface area contributed by atoms with Gasteiger partial charge in [-0.05, 0) is 61.9 Å². The molecule has 1 aliphatic rings. The zero-order valence-corrected chi connectivity index (χ0v) is 21.4. The van der Waals surface area contributed by atoms with Crippen LogP contribution in [0.15, 0.2) is 90.6 Å². The Bertz CT molecular complexity index is 1630. The van der Waals surface area contributed by atoms with Gasteiger partial charge in [-0.25, -0.2) is 4.99 Å². The first-order chi connectivity index (χ1) is 16.3. The van der Waals surface area contributed by atoms with Gasteiger partial charge in [-0.3, -0.25) is 14.2 Å². The number of carbonyl (C=O) groups excluding carboxylic acids is 1. The highest BCUT2D eigenvalue weighted by molar-refractivity contribution is 9.10. The molecule has 0 spiro atoms. The molecular formula is C26H18BrClN2O3S. The number of hydrogen-bond donors (Lipinski definition) is 0. The lowest BCUT2D eigenvalue weighted by Crippen LogP contribution is -2.39. The molecule has 0 N–H and O–H groups in total. The molecule has 0 fully saturated rings. The van der Waals surface area contributed by atoms with Crippen molar-refractivity contribution in [3.8, 4) is 11.3 Å². The average Bonchev–Trinajstić information content (AvgIpc) is 3.40. The lowest BCUT2D eigenvalue weighted by molar-refractivity contribution is -0.114. The molecule has 1 atom stereocenters. The molecule has 2 aromatic heterocycles. The van der Waals surface area contributed by atoms with E-state index < -0.39 is 6.04 Å². The van der Waals surface area contributed by atoms with Gasteiger partial charge in [-0.15, -0.1) is 0 Å². The minimum absolute atomic E-state index is 0.153. The first kappa shape index (κ1) is 22.8. The summed E-state index contributed by atoms with van der Waals surface area (Å²) in [6, 6.07) is 18.0. The van der Waals surface area contributed by atoms with E-state index in [9.17, 15) is 9.59 Å². The van der Waals surface area contributed by atoms with Crippen LogP contribution in [-0.2, 0) is 4.79 Å².